The van der Waals surface area contributed by atoms with E-state index in [4.69, 9.17) is 0 Å². The van der Waals surface area contributed by atoms with Crippen LogP contribution in [0.1, 0.15) is 48.0 Å². The minimum absolute atomic E-state index is 0.0648. The van der Waals surface area contributed by atoms with E-state index in [1.165, 1.54) is 0 Å². The third-order valence-corrected chi connectivity index (χ3v) is 7.41. The van der Waals surface area contributed by atoms with Crippen LogP contribution in [0, 0.1) is 6.92 Å². The summed E-state index contributed by atoms with van der Waals surface area (Å²) in [6.45, 7) is 4.31. The second kappa shape index (κ2) is 7.81. The summed E-state index contributed by atoms with van der Waals surface area (Å²) in [5.74, 6) is -0.296. The first-order valence-electron chi connectivity index (χ1n) is 8.65. The molecule has 2 heterocycles. The van der Waals surface area contributed by atoms with Crippen LogP contribution in [0.2, 0.25) is 0 Å². The van der Waals surface area contributed by atoms with Crippen LogP contribution >= 0.6 is 11.5 Å². The molecule has 0 radical (unpaired) electrons. The molecule has 0 unspecified atom stereocenters. The molecule has 0 saturated carbocycles. The van der Waals surface area contributed by atoms with Crippen molar-refractivity contribution < 1.29 is 13.2 Å². The zero-order valence-electron chi connectivity index (χ0n) is 14.8. The zero-order chi connectivity index (χ0) is 18.7. The van der Waals surface area contributed by atoms with Crippen LogP contribution in [0.15, 0.2) is 29.2 Å². The van der Waals surface area contributed by atoms with Crippen LogP contribution in [-0.4, -0.2) is 40.8 Å². The maximum atomic E-state index is 12.9. The van der Waals surface area contributed by atoms with Gasteiger partial charge in [-0.15, -0.1) is 5.10 Å². The number of hydrogen-bond donors (Lipinski definition) is 1. The first-order valence-corrected chi connectivity index (χ1v) is 10.9. The van der Waals surface area contributed by atoms with E-state index >= 15 is 0 Å². The Balaban J connectivity index is 1.76. The Morgan fingerprint density at radius 3 is 2.65 bits per heavy atom. The second-order valence-corrected chi connectivity index (χ2v) is 8.98. The SMILES string of the molecule is CC[C@H]1CCCCN1S(=O)(=O)c1ccc(NC(=O)c2snnc2C)cc1. The number of nitrogens with zero attached hydrogens (tertiary/aromatic N) is 3. The van der Waals surface area contributed by atoms with Gasteiger partial charge in [0.1, 0.15) is 4.88 Å². The van der Waals surface area contributed by atoms with Crippen LogP contribution in [0.3, 0.4) is 0 Å². The highest BCUT2D eigenvalue weighted by molar-refractivity contribution is 7.89. The molecule has 140 valence electrons. The van der Waals surface area contributed by atoms with Crippen molar-refractivity contribution in [1.82, 2.24) is 13.9 Å². The average molecular weight is 395 g/mol. The van der Waals surface area contributed by atoms with Crippen LogP contribution in [-0.2, 0) is 10.0 Å². The highest BCUT2D eigenvalue weighted by Crippen LogP contribution is 2.27. The maximum absolute atomic E-state index is 12.9. The molecule has 1 atom stereocenters. The van der Waals surface area contributed by atoms with Crippen molar-refractivity contribution in [2.45, 2.75) is 50.5 Å². The smallest absolute Gasteiger partial charge is 0.269 e. The summed E-state index contributed by atoms with van der Waals surface area (Å²) in [7, 11) is -3.52. The number of nitrogens with one attached hydrogen (secondary N) is 1. The fourth-order valence-corrected chi connectivity index (χ4v) is 5.49. The number of anilines is 1. The Labute approximate surface area is 157 Å². The number of sulfonamides is 1. The van der Waals surface area contributed by atoms with E-state index < -0.39 is 10.0 Å². The van der Waals surface area contributed by atoms with Gasteiger partial charge in [0.15, 0.2) is 0 Å². The second-order valence-electron chi connectivity index (χ2n) is 6.34. The Bertz CT molecular complexity index is 878. The lowest BCUT2D eigenvalue weighted by atomic mass is 10.0. The number of amides is 1. The number of piperidine rings is 1. The molecule has 1 amide bonds. The van der Waals surface area contributed by atoms with Gasteiger partial charge in [-0.1, -0.05) is 17.8 Å². The molecule has 1 fully saturated rings. The number of benzene rings is 1. The molecule has 26 heavy (non-hydrogen) atoms. The van der Waals surface area contributed by atoms with Crippen molar-refractivity contribution in [3.63, 3.8) is 0 Å². The lowest BCUT2D eigenvalue weighted by Crippen LogP contribution is -2.43. The Morgan fingerprint density at radius 1 is 1.31 bits per heavy atom. The summed E-state index contributed by atoms with van der Waals surface area (Å²) in [5.41, 5.74) is 1.11. The molecule has 1 aromatic heterocycles. The number of carbonyl (C=O) groups is 1. The standard InChI is InChI=1S/C17H22N4O3S2/c1-3-14-6-4-5-11-21(14)26(23,24)15-9-7-13(8-10-15)18-17(22)16-12(2)19-20-25-16/h7-10,14H,3-6,11H2,1-2H3,(H,18,22)/t14-/m0/s1. The molecule has 0 bridgehead atoms. The molecular weight excluding hydrogens is 372 g/mol. The normalized spacial score (nSPS) is 18.6. The molecule has 0 aliphatic carbocycles. The largest absolute Gasteiger partial charge is 0.321 e. The Hall–Kier alpha value is -1.84. The molecule has 1 saturated heterocycles. The molecule has 2 aromatic rings. The Kier molecular flexibility index (Phi) is 5.69. The molecule has 0 spiro atoms. The van der Waals surface area contributed by atoms with Crippen molar-refractivity contribution in [2.24, 2.45) is 0 Å². The molecule has 1 aliphatic heterocycles. The average Bonchev–Trinajstić information content (AvgIpc) is 3.08. The minimum atomic E-state index is -3.52. The summed E-state index contributed by atoms with van der Waals surface area (Å²) in [5, 5.41) is 6.56. The summed E-state index contributed by atoms with van der Waals surface area (Å²) in [6.07, 6.45) is 3.69. The first-order chi connectivity index (χ1) is 12.4. The third kappa shape index (κ3) is 3.79. The van der Waals surface area contributed by atoms with Crippen molar-refractivity contribution in [3.05, 3.63) is 34.8 Å². The fraction of sp³-hybridized carbons (Fsp3) is 0.471. The molecule has 3 rings (SSSR count). The summed E-state index contributed by atoms with van der Waals surface area (Å²) in [4.78, 5) is 12.9. The molecule has 1 N–H and O–H groups in total. The molecular formula is C17H22N4O3S2. The number of carbonyl (C=O) groups excluding carboxylic acids is 1. The topological polar surface area (TPSA) is 92.3 Å². The monoisotopic (exact) mass is 394 g/mol. The molecule has 1 aliphatic rings. The van der Waals surface area contributed by atoms with Crippen molar-refractivity contribution in [3.8, 4) is 0 Å². The molecule has 9 heteroatoms. The number of aromatic nitrogens is 2. The van der Waals surface area contributed by atoms with Gasteiger partial charge in [0.2, 0.25) is 10.0 Å². The van der Waals surface area contributed by atoms with E-state index in [9.17, 15) is 13.2 Å². The number of rotatable bonds is 5. The van der Waals surface area contributed by atoms with E-state index in [2.05, 4.69) is 14.9 Å². The highest BCUT2D eigenvalue weighted by Gasteiger charge is 2.32. The zero-order valence-corrected chi connectivity index (χ0v) is 16.4. The van der Waals surface area contributed by atoms with Crippen LogP contribution in [0.25, 0.3) is 0 Å². The Morgan fingerprint density at radius 2 is 2.04 bits per heavy atom. The maximum Gasteiger partial charge on any atom is 0.269 e. The lowest BCUT2D eigenvalue weighted by molar-refractivity contribution is 0.103. The number of hydrogen-bond acceptors (Lipinski definition) is 6. The van der Waals surface area contributed by atoms with Gasteiger partial charge in [0.05, 0.1) is 10.6 Å². The quantitative estimate of drug-likeness (QED) is 0.841. The van der Waals surface area contributed by atoms with Gasteiger partial charge in [0.25, 0.3) is 5.91 Å². The predicted molar refractivity (Wildman–Crippen MR) is 101 cm³/mol. The van der Waals surface area contributed by atoms with E-state index in [-0.39, 0.29) is 16.8 Å². The fourth-order valence-electron chi connectivity index (χ4n) is 3.17. The summed E-state index contributed by atoms with van der Waals surface area (Å²) >= 11 is 1.03. The minimum Gasteiger partial charge on any atom is -0.321 e. The van der Waals surface area contributed by atoms with Crippen molar-refractivity contribution in [1.29, 1.82) is 0 Å². The lowest BCUT2D eigenvalue weighted by Gasteiger charge is -2.34. The van der Waals surface area contributed by atoms with Gasteiger partial charge in [-0.25, -0.2) is 8.42 Å². The predicted octanol–water partition coefficient (Wildman–Crippen LogP) is 3.05. The van der Waals surface area contributed by atoms with Crippen molar-refractivity contribution in [2.75, 3.05) is 11.9 Å². The van der Waals surface area contributed by atoms with Gasteiger partial charge >= 0.3 is 0 Å². The van der Waals surface area contributed by atoms with Gasteiger partial charge < -0.3 is 5.32 Å². The van der Waals surface area contributed by atoms with Crippen molar-refractivity contribution >= 4 is 33.2 Å². The highest BCUT2D eigenvalue weighted by atomic mass is 32.2. The van der Waals surface area contributed by atoms with Crippen LogP contribution in [0.5, 0.6) is 0 Å². The van der Waals surface area contributed by atoms with E-state index in [1.807, 2.05) is 6.92 Å². The molecule has 7 nitrogen and oxygen atoms in total. The van der Waals surface area contributed by atoms with Gasteiger partial charge in [-0.3, -0.25) is 4.79 Å². The van der Waals surface area contributed by atoms with Crippen LogP contribution < -0.4 is 5.32 Å². The summed E-state index contributed by atoms with van der Waals surface area (Å²) < 4.78 is 31.3. The van der Waals surface area contributed by atoms with E-state index in [0.29, 0.717) is 22.8 Å². The third-order valence-electron chi connectivity index (χ3n) is 4.62. The van der Waals surface area contributed by atoms with Gasteiger partial charge in [0, 0.05) is 18.3 Å². The van der Waals surface area contributed by atoms with Gasteiger partial charge in [-0.05, 0) is 62.0 Å². The van der Waals surface area contributed by atoms with E-state index in [1.54, 1.807) is 35.5 Å². The summed E-state index contributed by atoms with van der Waals surface area (Å²) in [6, 6.07) is 6.38. The van der Waals surface area contributed by atoms with E-state index in [0.717, 1.165) is 37.2 Å². The number of aryl methyl sites for hydroxylation is 1. The van der Waals surface area contributed by atoms with Crippen LogP contribution in [0.4, 0.5) is 5.69 Å². The first kappa shape index (κ1) is 18.9. The molecule has 1 aromatic carbocycles. The van der Waals surface area contributed by atoms with Gasteiger partial charge in [-0.2, -0.15) is 4.31 Å².